The predicted octanol–water partition coefficient (Wildman–Crippen LogP) is 1.72. The van der Waals surface area contributed by atoms with E-state index >= 15 is 0 Å². The van der Waals surface area contributed by atoms with Crippen LogP contribution in [0.2, 0.25) is 0 Å². The van der Waals surface area contributed by atoms with E-state index in [4.69, 9.17) is 9.15 Å². The monoisotopic (exact) mass is 386 g/mol. The number of ether oxygens (including phenoxy) is 1. The minimum absolute atomic E-state index is 0.170. The SMILES string of the molecule is C[C@@H]1CN(c2ccc(CNC(=O)[C@@H](C)NC(=O)c3ccoc3)cn2)C[C@@H](C)O1. The van der Waals surface area contributed by atoms with Gasteiger partial charge in [0.2, 0.25) is 5.91 Å². The van der Waals surface area contributed by atoms with Crippen molar-refractivity contribution in [3.05, 3.63) is 48.0 Å². The van der Waals surface area contributed by atoms with E-state index in [9.17, 15) is 9.59 Å². The van der Waals surface area contributed by atoms with E-state index in [1.165, 1.54) is 12.5 Å². The molecule has 0 aliphatic carbocycles. The van der Waals surface area contributed by atoms with Crippen molar-refractivity contribution in [1.82, 2.24) is 15.6 Å². The van der Waals surface area contributed by atoms with Gasteiger partial charge in [-0.15, -0.1) is 0 Å². The quantitative estimate of drug-likeness (QED) is 0.785. The normalized spacial score (nSPS) is 20.5. The lowest BCUT2D eigenvalue weighted by molar-refractivity contribution is -0.122. The van der Waals surface area contributed by atoms with Gasteiger partial charge in [-0.3, -0.25) is 9.59 Å². The Morgan fingerprint density at radius 1 is 1.25 bits per heavy atom. The number of nitrogens with one attached hydrogen (secondary N) is 2. The van der Waals surface area contributed by atoms with Crippen molar-refractivity contribution in [1.29, 1.82) is 0 Å². The topological polar surface area (TPSA) is 96.7 Å². The van der Waals surface area contributed by atoms with E-state index < -0.39 is 6.04 Å². The molecule has 1 aliphatic rings. The Bertz CT molecular complexity index is 781. The molecule has 0 aromatic carbocycles. The molecule has 3 heterocycles. The van der Waals surface area contributed by atoms with Crippen LogP contribution in [0.4, 0.5) is 5.82 Å². The third-order valence-electron chi connectivity index (χ3n) is 4.54. The first-order valence-electron chi connectivity index (χ1n) is 9.38. The average Bonchev–Trinajstić information content (AvgIpc) is 3.20. The number of amides is 2. The second-order valence-corrected chi connectivity index (χ2v) is 7.11. The highest BCUT2D eigenvalue weighted by Gasteiger charge is 2.23. The Hall–Kier alpha value is -2.87. The molecule has 0 radical (unpaired) electrons. The maximum absolute atomic E-state index is 12.2. The van der Waals surface area contributed by atoms with E-state index in [-0.39, 0.29) is 24.0 Å². The fourth-order valence-electron chi connectivity index (χ4n) is 3.15. The highest BCUT2D eigenvalue weighted by molar-refractivity contribution is 5.97. The van der Waals surface area contributed by atoms with Crippen molar-refractivity contribution < 1.29 is 18.7 Å². The molecule has 0 spiro atoms. The first-order chi connectivity index (χ1) is 13.4. The maximum atomic E-state index is 12.2. The van der Waals surface area contributed by atoms with Crippen molar-refractivity contribution in [2.24, 2.45) is 0 Å². The van der Waals surface area contributed by atoms with Gasteiger partial charge < -0.3 is 24.7 Å². The zero-order chi connectivity index (χ0) is 20.1. The number of carbonyl (C=O) groups is 2. The molecule has 3 atom stereocenters. The molecule has 2 aromatic heterocycles. The fraction of sp³-hybridized carbons (Fsp3) is 0.450. The molecule has 8 heteroatoms. The summed E-state index contributed by atoms with van der Waals surface area (Å²) in [6, 6.07) is 4.78. The van der Waals surface area contributed by atoms with Crippen LogP contribution in [-0.4, -0.2) is 48.1 Å². The number of hydrogen-bond acceptors (Lipinski definition) is 6. The van der Waals surface area contributed by atoms with E-state index in [1.807, 2.05) is 12.1 Å². The van der Waals surface area contributed by atoms with Gasteiger partial charge in [-0.1, -0.05) is 6.07 Å². The summed E-state index contributed by atoms with van der Waals surface area (Å²) in [6.07, 6.45) is 4.85. The Labute approximate surface area is 164 Å². The van der Waals surface area contributed by atoms with E-state index in [0.717, 1.165) is 24.5 Å². The van der Waals surface area contributed by atoms with Gasteiger partial charge in [0.1, 0.15) is 18.1 Å². The van der Waals surface area contributed by atoms with Gasteiger partial charge in [0, 0.05) is 25.8 Å². The molecular formula is C20H26N4O4. The van der Waals surface area contributed by atoms with Crippen LogP contribution in [0.5, 0.6) is 0 Å². The molecule has 0 unspecified atom stereocenters. The van der Waals surface area contributed by atoms with E-state index in [2.05, 4.69) is 34.4 Å². The average molecular weight is 386 g/mol. The van der Waals surface area contributed by atoms with Crippen LogP contribution in [0.1, 0.15) is 36.7 Å². The number of anilines is 1. The van der Waals surface area contributed by atoms with Gasteiger partial charge in [-0.05, 0) is 38.5 Å². The van der Waals surface area contributed by atoms with Gasteiger partial charge in [0.25, 0.3) is 5.91 Å². The number of aromatic nitrogens is 1. The minimum Gasteiger partial charge on any atom is -0.472 e. The van der Waals surface area contributed by atoms with Gasteiger partial charge in [-0.25, -0.2) is 4.98 Å². The lowest BCUT2D eigenvalue weighted by Gasteiger charge is -2.36. The van der Waals surface area contributed by atoms with Gasteiger partial charge in [0.15, 0.2) is 0 Å². The summed E-state index contributed by atoms with van der Waals surface area (Å²) in [4.78, 5) is 30.9. The molecule has 0 saturated carbocycles. The molecule has 150 valence electrons. The highest BCUT2D eigenvalue weighted by atomic mass is 16.5. The summed E-state index contributed by atoms with van der Waals surface area (Å²) in [5.74, 6) is 0.283. The number of rotatable bonds is 6. The van der Waals surface area contributed by atoms with Crippen molar-refractivity contribution in [2.45, 2.75) is 45.6 Å². The van der Waals surface area contributed by atoms with Gasteiger partial charge in [-0.2, -0.15) is 0 Å². The molecule has 28 heavy (non-hydrogen) atoms. The fourth-order valence-corrected chi connectivity index (χ4v) is 3.15. The van der Waals surface area contributed by atoms with Gasteiger partial charge >= 0.3 is 0 Å². The molecule has 1 fully saturated rings. The molecule has 3 rings (SSSR count). The Morgan fingerprint density at radius 2 is 2.00 bits per heavy atom. The van der Waals surface area contributed by atoms with Crippen LogP contribution in [0.15, 0.2) is 41.3 Å². The van der Waals surface area contributed by atoms with Crippen LogP contribution < -0.4 is 15.5 Å². The highest BCUT2D eigenvalue weighted by Crippen LogP contribution is 2.18. The Morgan fingerprint density at radius 3 is 2.61 bits per heavy atom. The Balaban J connectivity index is 1.49. The van der Waals surface area contributed by atoms with Crippen LogP contribution in [0.25, 0.3) is 0 Å². The first-order valence-corrected chi connectivity index (χ1v) is 9.38. The third kappa shape index (κ3) is 5.10. The second kappa shape index (κ2) is 8.88. The smallest absolute Gasteiger partial charge is 0.255 e. The van der Waals surface area contributed by atoms with Crippen LogP contribution >= 0.6 is 0 Å². The second-order valence-electron chi connectivity index (χ2n) is 7.11. The summed E-state index contributed by atoms with van der Waals surface area (Å²) in [5, 5.41) is 5.45. The first kappa shape index (κ1) is 19.9. The number of morpholine rings is 1. The van der Waals surface area contributed by atoms with E-state index in [0.29, 0.717) is 12.1 Å². The minimum atomic E-state index is -0.661. The molecular weight excluding hydrogens is 360 g/mol. The molecule has 2 amide bonds. The number of nitrogens with zero attached hydrogens (tertiary/aromatic N) is 2. The molecule has 2 aromatic rings. The molecule has 8 nitrogen and oxygen atoms in total. The summed E-state index contributed by atoms with van der Waals surface area (Å²) in [5.41, 5.74) is 1.27. The largest absolute Gasteiger partial charge is 0.472 e. The number of pyridine rings is 1. The van der Waals surface area contributed by atoms with E-state index in [1.54, 1.807) is 19.2 Å². The molecule has 0 bridgehead atoms. The number of carbonyl (C=O) groups excluding carboxylic acids is 2. The van der Waals surface area contributed by atoms with Gasteiger partial charge in [0.05, 0.1) is 24.0 Å². The standard InChI is InChI=1S/C20H26N4O4/c1-13-10-24(11-14(2)28-13)18-5-4-16(8-21-18)9-22-19(25)15(3)23-20(26)17-6-7-27-12-17/h4-8,12-15H,9-11H2,1-3H3,(H,22,25)(H,23,26)/t13-,14-,15-/m1/s1. The summed E-state index contributed by atoms with van der Waals surface area (Å²) >= 11 is 0. The lowest BCUT2D eigenvalue weighted by Crippen LogP contribution is -2.45. The zero-order valence-electron chi connectivity index (χ0n) is 16.3. The summed E-state index contributed by atoms with van der Waals surface area (Å²) in [7, 11) is 0. The molecule has 2 N–H and O–H groups in total. The lowest BCUT2D eigenvalue weighted by atomic mass is 10.2. The third-order valence-corrected chi connectivity index (χ3v) is 4.54. The Kier molecular flexibility index (Phi) is 6.30. The summed E-state index contributed by atoms with van der Waals surface area (Å²) < 4.78 is 10.6. The van der Waals surface area contributed by atoms with Crippen LogP contribution in [-0.2, 0) is 16.1 Å². The number of furan rings is 1. The predicted molar refractivity (Wildman–Crippen MR) is 104 cm³/mol. The van der Waals surface area contributed by atoms with Crippen molar-refractivity contribution >= 4 is 17.6 Å². The van der Waals surface area contributed by atoms with Crippen LogP contribution in [0, 0.1) is 0 Å². The van der Waals surface area contributed by atoms with Crippen LogP contribution in [0.3, 0.4) is 0 Å². The number of hydrogen-bond donors (Lipinski definition) is 2. The zero-order valence-corrected chi connectivity index (χ0v) is 16.3. The summed E-state index contributed by atoms with van der Waals surface area (Å²) in [6.45, 7) is 7.70. The molecule has 1 saturated heterocycles. The van der Waals surface area contributed by atoms with Crippen molar-refractivity contribution in [3.63, 3.8) is 0 Å². The van der Waals surface area contributed by atoms with Crippen molar-refractivity contribution in [3.8, 4) is 0 Å². The van der Waals surface area contributed by atoms with Crippen molar-refractivity contribution in [2.75, 3.05) is 18.0 Å². The molecule has 1 aliphatic heterocycles. The maximum Gasteiger partial charge on any atom is 0.255 e.